The second-order valence-electron chi connectivity index (χ2n) is 7.44. The van der Waals surface area contributed by atoms with Crippen LogP contribution in [0.1, 0.15) is 26.3 Å². The van der Waals surface area contributed by atoms with Gasteiger partial charge in [-0.15, -0.1) is 0 Å². The molecule has 0 heterocycles. The number of esters is 1. The van der Waals surface area contributed by atoms with Crippen molar-refractivity contribution in [1.82, 2.24) is 10.7 Å². The van der Waals surface area contributed by atoms with Crippen molar-refractivity contribution in [3.8, 4) is 5.75 Å². The Bertz CT molecular complexity index is 1410. The minimum atomic E-state index is -0.460. The van der Waals surface area contributed by atoms with Gasteiger partial charge in [0.25, 0.3) is 11.8 Å². The van der Waals surface area contributed by atoms with Gasteiger partial charge in [0.05, 0.1) is 18.3 Å². The maximum atomic E-state index is 12.5. The van der Waals surface area contributed by atoms with Crippen molar-refractivity contribution in [1.29, 1.82) is 0 Å². The molecule has 4 aromatic carbocycles. The van der Waals surface area contributed by atoms with Crippen LogP contribution in [-0.4, -0.2) is 30.5 Å². The van der Waals surface area contributed by atoms with Gasteiger partial charge in [0.2, 0.25) is 0 Å². The minimum absolute atomic E-state index is 0.216. The van der Waals surface area contributed by atoms with Gasteiger partial charge in [0.1, 0.15) is 5.75 Å². The fourth-order valence-corrected chi connectivity index (χ4v) is 3.92. The number of hydrogen-bond donors (Lipinski definition) is 2. The van der Waals surface area contributed by atoms with E-state index in [1.54, 1.807) is 48.5 Å². The van der Waals surface area contributed by atoms with Gasteiger partial charge in [-0.3, -0.25) is 9.59 Å². The van der Waals surface area contributed by atoms with Gasteiger partial charge in [-0.05, 0) is 81.4 Å². The fourth-order valence-electron chi connectivity index (χ4n) is 3.31. The normalized spacial score (nSPS) is 10.8. The lowest BCUT2D eigenvalue weighted by Crippen LogP contribution is -2.35. The first-order valence-corrected chi connectivity index (χ1v) is 11.7. The number of fused-ring (bicyclic) bond motifs is 1. The lowest BCUT2D eigenvalue weighted by atomic mass is 10.0. The fraction of sp³-hybridized carbons (Fsp3) is 0.0370. The van der Waals surface area contributed by atoms with Gasteiger partial charge in [0, 0.05) is 9.13 Å². The molecule has 0 aliphatic heterocycles. The number of carbonyl (C=O) groups excluding carboxylic acids is 3. The summed E-state index contributed by atoms with van der Waals surface area (Å²) in [7, 11) is 0. The highest BCUT2D eigenvalue weighted by atomic mass is 127. The Morgan fingerprint density at radius 3 is 2.31 bits per heavy atom. The molecule has 0 aromatic heterocycles. The van der Waals surface area contributed by atoms with Crippen LogP contribution in [0.25, 0.3) is 10.8 Å². The molecule has 0 spiro atoms. The topological polar surface area (TPSA) is 96.9 Å². The number of ether oxygens (including phenoxy) is 1. The SMILES string of the molecule is O=C(CNC(=O)c1cccc2ccccc12)N/N=C\c1ccc(OC(=O)c2ccccc2I)cc1. The summed E-state index contributed by atoms with van der Waals surface area (Å²) >= 11 is 2.08. The van der Waals surface area contributed by atoms with Crippen LogP contribution >= 0.6 is 22.6 Å². The number of halogens is 1. The predicted molar refractivity (Wildman–Crippen MR) is 143 cm³/mol. The molecule has 0 atom stereocenters. The van der Waals surface area contributed by atoms with Crippen LogP contribution < -0.4 is 15.5 Å². The molecule has 0 fully saturated rings. The van der Waals surface area contributed by atoms with Gasteiger partial charge in [-0.1, -0.05) is 48.5 Å². The second-order valence-corrected chi connectivity index (χ2v) is 8.60. The summed E-state index contributed by atoms with van der Waals surface area (Å²) in [6.45, 7) is -0.216. The van der Waals surface area contributed by atoms with Crippen LogP contribution in [0.2, 0.25) is 0 Å². The maximum Gasteiger partial charge on any atom is 0.344 e. The molecule has 0 aliphatic rings. The highest BCUT2D eigenvalue weighted by molar-refractivity contribution is 14.1. The molecule has 0 saturated carbocycles. The molecule has 2 amide bonds. The number of nitrogens with one attached hydrogen (secondary N) is 2. The van der Waals surface area contributed by atoms with Crippen molar-refractivity contribution in [2.75, 3.05) is 6.54 Å². The largest absolute Gasteiger partial charge is 0.423 e. The van der Waals surface area contributed by atoms with Crippen LogP contribution in [0.4, 0.5) is 0 Å². The zero-order chi connectivity index (χ0) is 24.6. The van der Waals surface area contributed by atoms with E-state index in [4.69, 9.17) is 4.74 Å². The number of amides is 2. The van der Waals surface area contributed by atoms with Crippen molar-refractivity contribution in [2.24, 2.45) is 5.10 Å². The lowest BCUT2D eigenvalue weighted by molar-refractivity contribution is -0.120. The quantitative estimate of drug-likeness (QED) is 0.111. The third-order valence-corrected chi connectivity index (χ3v) is 5.97. The minimum Gasteiger partial charge on any atom is -0.423 e. The van der Waals surface area contributed by atoms with Gasteiger partial charge in [-0.2, -0.15) is 5.10 Å². The molecule has 2 N–H and O–H groups in total. The Morgan fingerprint density at radius 1 is 0.829 bits per heavy atom. The van der Waals surface area contributed by atoms with E-state index in [9.17, 15) is 14.4 Å². The van der Waals surface area contributed by atoms with Crippen LogP contribution in [0.3, 0.4) is 0 Å². The Labute approximate surface area is 215 Å². The summed E-state index contributed by atoms with van der Waals surface area (Å²) in [4.78, 5) is 36.9. The van der Waals surface area contributed by atoms with Crippen molar-refractivity contribution in [3.63, 3.8) is 0 Å². The third kappa shape index (κ3) is 6.30. The van der Waals surface area contributed by atoms with Gasteiger partial charge in [-0.25, -0.2) is 10.2 Å². The van der Waals surface area contributed by atoms with Crippen molar-refractivity contribution in [3.05, 3.63) is 111 Å². The first-order chi connectivity index (χ1) is 17.0. The highest BCUT2D eigenvalue weighted by Gasteiger charge is 2.12. The maximum absolute atomic E-state index is 12.5. The van der Waals surface area contributed by atoms with Gasteiger partial charge in [0.15, 0.2) is 0 Å². The molecule has 0 radical (unpaired) electrons. The van der Waals surface area contributed by atoms with E-state index >= 15 is 0 Å². The summed E-state index contributed by atoms with van der Waals surface area (Å²) in [5, 5.41) is 8.28. The molecule has 8 heteroatoms. The molecule has 174 valence electrons. The second kappa shape index (κ2) is 11.4. The molecule has 4 aromatic rings. The molecule has 0 aliphatic carbocycles. The standard InChI is InChI=1S/C27H20IN3O4/c28-24-11-4-3-9-23(24)27(34)35-20-14-12-18(13-15-20)16-30-31-25(32)17-29-26(33)22-10-5-7-19-6-1-2-8-21(19)22/h1-16H,17H2,(H,29,33)(H,31,32)/b30-16-. The van der Waals surface area contributed by atoms with E-state index in [1.165, 1.54) is 6.21 Å². The number of hydrogen-bond acceptors (Lipinski definition) is 5. The van der Waals surface area contributed by atoms with E-state index < -0.39 is 11.9 Å². The number of benzene rings is 4. The highest BCUT2D eigenvalue weighted by Crippen LogP contribution is 2.19. The van der Waals surface area contributed by atoms with Crippen LogP contribution in [0.5, 0.6) is 5.75 Å². The molecule has 0 bridgehead atoms. The van der Waals surface area contributed by atoms with Crippen molar-refractivity contribution >= 4 is 57.4 Å². The monoisotopic (exact) mass is 577 g/mol. The molecule has 35 heavy (non-hydrogen) atoms. The molecule has 4 rings (SSSR count). The Hall–Kier alpha value is -4.05. The Morgan fingerprint density at radius 2 is 1.51 bits per heavy atom. The summed E-state index contributed by atoms with van der Waals surface area (Å²) in [6, 6.07) is 26.9. The first kappa shape index (κ1) is 24.1. The first-order valence-electron chi connectivity index (χ1n) is 10.7. The Kier molecular flexibility index (Phi) is 7.84. The van der Waals surface area contributed by atoms with Gasteiger partial charge >= 0.3 is 5.97 Å². The Balaban J connectivity index is 1.26. The smallest absolute Gasteiger partial charge is 0.344 e. The van der Waals surface area contributed by atoms with Crippen LogP contribution in [0.15, 0.2) is 96.1 Å². The molecular formula is C27H20IN3O4. The zero-order valence-electron chi connectivity index (χ0n) is 18.4. The molecule has 0 saturated heterocycles. The van der Waals surface area contributed by atoms with E-state index in [-0.39, 0.29) is 12.5 Å². The van der Waals surface area contributed by atoms with Crippen molar-refractivity contribution in [2.45, 2.75) is 0 Å². The summed E-state index contributed by atoms with van der Waals surface area (Å²) in [6.07, 6.45) is 1.45. The zero-order valence-corrected chi connectivity index (χ0v) is 20.6. The van der Waals surface area contributed by atoms with Crippen LogP contribution in [-0.2, 0) is 4.79 Å². The average Bonchev–Trinajstić information content (AvgIpc) is 2.88. The van der Waals surface area contributed by atoms with E-state index in [0.29, 0.717) is 22.4 Å². The average molecular weight is 577 g/mol. The van der Waals surface area contributed by atoms with Gasteiger partial charge < -0.3 is 10.1 Å². The van der Waals surface area contributed by atoms with E-state index in [2.05, 4.69) is 38.4 Å². The van der Waals surface area contributed by atoms with Crippen LogP contribution in [0, 0.1) is 3.57 Å². The van der Waals surface area contributed by atoms with Crippen molar-refractivity contribution < 1.29 is 19.1 Å². The molecule has 0 unspecified atom stereocenters. The number of nitrogens with zero attached hydrogens (tertiary/aromatic N) is 1. The summed E-state index contributed by atoms with van der Waals surface area (Å²) in [5.41, 5.74) is 4.07. The predicted octanol–water partition coefficient (Wildman–Crippen LogP) is 4.54. The molecular weight excluding hydrogens is 557 g/mol. The third-order valence-electron chi connectivity index (χ3n) is 5.03. The molecule has 7 nitrogen and oxygen atoms in total. The number of rotatable bonds is 7. The number of carbonyl (C=O) groups is 3. The number of hydrazone groups is 1. The lowest BCUT2D eigenvalue weighted by Gasteiger charge is -2.07. The summed E-state index contributed by atoms with van der Waals surface area (Å²) < 4.78 is 6.21. The van der Waals surface area contributed by atoms with E-state index in [0.717, 1.165) is 14.3 Å². The summed E-state index contributed by atoms with van der Waals surface area (Å²) in [5.74, 6) is -0.838. The van der Waals surface area contributed by atoms with E-state index in [1.807, 2.05) is 42.5 Å².